The zero-order valence-electron chi connectivity index (χ0n) is 9.23. The van der Waals surface area contributed by atoms with Gasteiger partial charge in [-0.3, -0.25) is 4.79 Å². The van der Waals surface area contributed by atoms with Crippen molar-refractivity contribution in [1.82, 2.24) is 0 Å². The van der Waals surface area contributed by atoms with Crippen molar-refractivity contribution >= 4 is 5.91 Å². The summed E-state index contributed by atoms with van der Waals surface area (Å²) < 4.78 is 0. The fourth-order valence-electron chi connectivity index (χ4n) is 2.17. The highest BCUT2D eigenvalue weighted by Crippen LogP contribution is 2.43. The summed E-state index contributed by atoms with van der Waals surface area (Å²) >= 11 is 0. The van der Waals surface area contributed by atoms with E-state index in [-0.39, 0.29) is 18.4 Å². The monoisotopic (exact) mass is 219 g/mol. The van der Waals surface area contributed by atoms with E-state index in [1.165, 1.54) is 18.4 Å². The van der Waals surface area contributed by atoms with Gasteiger partial charge in [0.05, 0.1) is 5.92 Å². The van der Waals surface area contributed by atoms with E-state index in [4.69, 9.17) is 10.8 Å². The van der Waals surface area contributed by atoms with Crippen molar-refractivity contribution in [1.29, 1.82) is 0 Å². The number of aliphatic hydroxyl groups is 1. The van der Waals surface area contributed by atoms with Gasteiger partial charge in [0.25, 0.3) is 0 Å². The molecule has 86 valence electrons. The zero-order valence-corrected chi connectivity index (χ0v) is 9.23. The van der Waals surface area contributed by atoms with Gasteiger partial charge in [-0.25, -0.2) is 0 Å². The number of hydrogen-bond donors (Lipinski definition) is 2. The van der Waals surface area contributed by atoms with E-state index in [0.29, 0.717) is 12.3 Å². The van der Waals surface area contributed by atoms with E-state index in [9.17, 15) is 4.79 Å². The molecule has 1 amide bonds. The molecule has 2 rings (SSSR count). The van der Waals surface area contributed by atoms with E-state index in [1.54, 1.807) is 0 Å². The van der Waals surface area contributed by atoms with Crippen LogP contribution in [0.2, 0.25) is 0 Å². The third-order valence-electron chi connectivity index (χ3n) is 3.15. The van der Waals surface area contributed by atoms with Gasteiger partial charge in [0.15, 0.2) is 0 Å². The molecule has 1 unspecified atom stereocenters. The van der Waals surface area contributed by atoms with E-state index < -0.39 is 0 Å². The normalized spacial score (nSPS) is 17.1. The summed E-state index contributed by atoms with van der Waals surface area (Å²) in [5, 5.41) is 8.98. The van der Waals surface area contributed by atoms with E-state index in [0.717, 1.165) is 5.56 Å². The molecular weight excluding hydrogens is 202 g/mol. The lowest BCUT2D eigenvalue weighted by molar-refractivity contribution is -0.119. The Morgan fingerprint density at radius 3 is 2.69 bits per heavy atom. The molecule has 1 aromatic carbocycles. The van der Waals surface area contributed by atoms with Crippen molar-refractivity contribution < 1.29 is 9.90 Å². The molecule has 0 aromatic heterocycles. The molecule has 0 radical (unpaired) electrons. The number of aliphatic hydroxyl groups excluding tert-OH is 1. The van der Waals surface area contributed by atoms with Crippen LogP contribution < -0.4 is 5.73 Å². The minimum Gasteiger partial charge on any atom is -0.396 e. The Labute approximate surface area is 95.3 Å². The van der Waals surface area contributed by atoms with Gasteiger partial charge >= 0.3 is 0 Å². The maximum atomic E-state index is 11.4. The highest BCUT2D eigenvalue weighted by atomic mass is 16.3. The first-order valence-corrected chi connectivity index (χ1v) is 5.73. The van der Waals surface area contributed by atoms with Crippen molar-refractivity contribution in [2.75, 3.05) is 6.61 Å². The summed E-state index contributed by atoms with van der Waals surface area (Å²) in [4.78, 5) is 11.4. The molecule has 0 heterocycles. The summed E-state index contributed by atoms with van der Waals surface area (Å²) in [5.74, 6) is -0.0966. The first kappa shape index (κ1) is 11.1. The third-order valence-corrected chi connectivity index (χ3v) is 3.15. The number of amides is 1. The summed E-state index contributed by atoms with van der Waals surface area (Å²) in [6.45, 7) is -0.00733. The third kappa shape index (κ3) is 2.25. The van der Waals surface area contributed by atoms with Crippen LogP contribution in [0.25, 0.3) is 0 Å². The Morgan fingerprint density at radius 2 is 2.12 bits per heavy atom. The van der Waals surface area contributed by atoms with Crippen LogP contribution in [-0.2, 0) is 4.79 Å². The summed E-state index contributed by atoms with van der Waals surface area (Å²) in [7, 11) is 0. The Bertz CT molecular complexity index is 385. The Hall–Kier alpha value is -1.35. The van der Waals surface area contributed by atoms with Crippen LogP contribution in [0.15, 0.2) is 24.3 Å². The van der Waals surface area contributed by atoms with E-state index in [1.807, 2.05) is 18.2 Å². The molecular formula is C13H17NO2. The van der Waals surface area contributed by atoms with E-state index in [2.05, 4.69) is 6.07 Å². The first-order chi connectivity index (χ1) is 7.74. The average molecular weight is 219 g/mol. The fourth-order valence-corrected chi connectivity index (χ4v) is 2.17. The SMILES string of the molecule is NC(=O)C(CCO)c1ccccc1C1CC1. The molecule has 1 fully saturated rings. The average Bonchev–Trinajstić information content (AvgIpc) is 3.09. The van der Waals surface area contributed by atoms with Crippen LogP contribution in [-0.4, -0.2) is 17.6 Å². The minimum absolute atomic E-state index is 0.00733. The number of rotatable bonds is 5. The number of nitrogens with two attached hydrogens (primary N) is 1. The van der Waals surface area contributed by atoms with Gasteiger partial charge in [0.1, 0.15) is 0 Å². The van der Waals surface area contributed by atoms with Crippen molar-refractivity contribution in [2.24, 2.45) is 5.73 Å². The molecule has 16 heavy (non-hydrogen) atoms. The number of benzene rings is 1. The van der Waals surface area contributed by atoms with Gasteiger partial charge in [-0.1, -0.05) is 24.3 Å². The van der Waals surface area contributed by atoms with Gasteiger partial charge in [-0.05, 0) is 36.3 Å². The zero-order chi connectivity index (χ0) is 11.5. The highest BCUT2D eigenvalue weighted by molar-refractivity contribution is 5.82. The van der Waals surface area contributed by atoms with Crippen LogP contribution >= 0.6 is 0 Å². The van der Waals surface area contributed by atoms with Crippen LogP contribution in [0, 0.1) is 0 Å². The molecule has 1 aliphatic carbocycles. The largest absolute Gasteiger partial charge is 0.396 e. The predicted octanol–water partition coefficient (Wildman–Crippen LogP) is 1.52. The second-order valence-corrected chi connectivity index (χ2v) is 4.37. The standard InChI is InChI=1S/C13H17NO2/c14-13(16)12(7-8-15)11-4-2-1-3-10(11)9-5-6-9/h1-4,9,12,15H,5-8H2,(H2,14,16). The molecule has 0 bridgehead atoms. The Morgan fingerprint density at radius 1 is 1.44 bits per heavy atom. The van der Waals surface area contributed by atoms with Crippen LogP contribution in [0.1, 0.15) is 42.2 Å². The fraction of sp³-hybridized carbons (Fsp3) is 0.462. The lowest BCUT2D eigenvalue weighted by Crippen LogP contribution is -2.23. The molecule has 3 N–H and O–H groups in total. The van der Waals surface area contributed by atoms with Crippen molar-refractivity contribution in [2.45, 2.75) is 31.1 Å². The molecule has 1 aliphatic rings. The van der Waals surface area contributed by atoms with Gasteiger partial charge < -0.3 is 10.8 Å². The Balaban J connectivity index is 2.32. The van der Waals surface area contributed by atoms with Crippen LogP contribution in [0.3, 0.4) is 0 Å². The van der Waals surface area contributed by atoms with Crippen LogP contribution in [0.4, 0.5) is 0 Å². The van der Waals surface area contributed by atoms with Crippen molar-refractivity contribution in [3.8, 4) is 0 Å². The summed E-state index contributed by atoms with van der Waals surface area (Å²) in [6.07, 6.45) is 2.81. The molecule has 0 saturated heterocycles. The number of primary amides is 1. The molecule has 1 saturated carbocycles. The minimum atomic E-state index is -0.346. The van der Waals surface area contributed by atoms with Crippen molar-refractivity contribution in [3.63, 3.8) is 0 Å². The Kier molecular flexibility index (Phi) is 3.25. The molecule has 3 heteroatoms. The quantitative estimate of drug-likeness (QED) is 0.788. The van der Waals surface area contributed by atoms with Gasteiger partial charge in [0.2, 0.25) is 5.91 Å². The number of carbonyl (C=O) groups excluding carboxylic acids is 1. The number of carbonyl (C=O) groups is 1. The second kappa shape index (κ2) is 4.66. The molecule has 1 aromatic rings. The first-order valence-electron chi connectivity index (χ1n) is 5.73. The topological polar surface area (TPSA) is 63.3 Å². The highest BCUT2D eigenvalue weighted by Gasteiger charge is 2.29. The summed E-state index contributed by atoms with van der Waals surface area (Å²) in [5.41, 5.74) is 7.64. The maximum Gasteiger partial charge on any atom is 0.225 e. The smallest absolute Gasteiger partial charge is 0.225 e. The summed E-state index contributed by atoms with van der Waals surface area (Å²) in [6, 6.07) is 7.95. The van der Waals surface area contributed by atoms with Crippen molar-refractivity contribution in [3.05, 3.63) is 35.4 Å². The lowest BCUT2D eigenvalue weighted by Gasteiger charge is -2.16. The molecule has 0 spiro atoms. The van der Waals surface area contributed by atoms with Gasteiger partial charge in [-0.2, -0.15) is 0 Å². The molecule has 3 nitrogen and oxygen atoms in total. The van der Waals surface area contributed by atoms with Crippen LogP contribution in [0.5, 0.6) is 0 Å². The van der Waals surface area contributed by atoms with E-state index >= 15 is 0 Å². The predicted molar refractivity (Wildman–Crippen MR) is 62.1 cm³/mol. The maximum absolute atomic E-state index is 11.4. The van der Waals surface area contributed by atoms with Gasteiger partial charge in [-0.15, -0.1) is 0 Å². The second-order valence-electron chi connectivity index (χ2n) is 4.37. The number of hydrogen-bond acceptors (Lipinski definition) is 2. The van der Waals surface area contributed by atoms with Gasteiger partial charge in [0, 0.05) is 6.61 Å². The molecule has 1 atom stereocenters. The molecule has 0 aliphatic heterocycles. The lowest BCUT2D eigenvalue weighted by atomic mass is 9.89.